The standard InChI is InChI=1S/C10H20BrNO/c1-4-5-9(13)12-8-10(2,3)6-7-11/h4-8H2,1-3H3,(H,12,13). The van der Waals surface area contributed by atoms with E-state index in [2.05, 4.69) is 35.1 Å². The van der Waals surface area contributed by atoms with E-state index >= 15 is 0 Å². The molecule has 0 aliphatic rings. The van der Waals surface area contributed by atoms with E-state index < -0.39 is 0 Å². The van der Waals surface area contributed by atoms with Crippen molar-refractivity contribution >= 4 is 21.8 Å². The summed E-state index contributed by atoms with van der Waals surface area (Å²) < 4.78 is 0. The van der Waals surface area contributed by atoms with Gasteiger partial charge in [-0.05, 0) is 18.3 Å². The first kappa shape index (κ1) is 12.9. The summed E-state index contributed by atoms with van der Waals surface area (Å²) in [7, 11) is 0. The summed E-state index contributed by atoms with van der Waals surface area (Å²) in [5.41, 5.74) is 0.201. The second kappa shape index (κ2) is 6.41. The Morgan fingerprint density at radius 2 is 2.08 bits per heavy atom. The molecule has 0 saturated carbocycles. The topological polar surface area (TPSA) is 29.1 Å². The Bertz CT molecular complexity index is 157. The lowest BCUT2D eigenvalue weighted by Gasteiger charge is -2.23. The molecule has 0 fully saturated rings. The maximum absolute atomic E-state index is 11.2. The Hall–Kier alpha value is -0.0500. The minimum absolute atomic E-state index is 0.171. The lowest BCUT2D eigenvalue weighted by molar-refractivity contribution is -0.121. The van der Waals surface area contributed by atoms with Crippen LogP contribution in [0.2, 0.25) is 0 Å². The average Bonchev–Trinajstić information content (AvgIpc) is 2.02. The second-order valence-electron chi connectivity index (χ2n) is 4.13. The molecule has 1 N–H and O–H groups in total. The van der Waals surface area contributed by atoms with E-state index in [0.717, 1.165) is 24.7 Å². The monoisotopic (exact) mass is 249 g/mol. The van der Waals surface area contributed by atoms with Crippen LogP contribution in [0.25, 0.3) is 0 Å². The number of alkyl halides is 1. The highest BCUT2D eigenvalue weighted by atomic mass is 79.9. The van der Waals surface area contributed by atoms with Crippen molar-refractivity contribution < 1.29 is 4.79 Å². The predicted molar refractivity (Wildman–Crippen MR) is 60.1 cm³/mol. The van der Waals surface area contributed by atoms with Gasteiger partial charge in [0.25, 0.3) is 0 Å². The number of halogens is 1. The number of carbonyl (C=O) groups is 1. The van der Waals surface area contributed by atoms with Crippen LogP contribution >= 0.6 is 15.9 Å². The van der Waals surface area contributed by atoms with Crippen molar-refractivity contribution in [3.8, 4) is 0 Å². The summed E-state index contributed by atoms with van der Waals surface area (Å²) in [5.74, 6) is 0.171. The molecule has 0 aliphatic carbocycles. The van der Waals surface area contributed by atoms with Crippen LogP contribution in [0.5, 0.6) is 0 Å². The molecule has 0 heterocycles. The molecule has 78 valence electrons. The second-order valence-corrected chi connectivity index (χ2v) is 4.92. The SMILES string of the molecule is CCCC(=O)NCC(C)(C)CCBr. The Balaban J connectivity index is 3.67. The molecule has 0 rings (SSSR count). The van der Waals surface area contributed by atoms with Crippen LogP contribution in [-0.2, 0) is 4.79 Å². The maximum Gasteiger partial charge on any atom is 0.220 e. The quantitative estimate of drug-likeness (QED) is 0.721. The van der Waals surface area contributed by atoms with E-state index in [4.69, 9.17) is 0 Å². The molecular weight excluding hydrogens is 230 g/mol. The zero-order chi connectivity index (χ0) is 10.3. The minimum atomic E-state index is 0.171. The van der Waals surface area contributed by atoms with Gasteiger partial charge in [-0.1, -0.05) is 36.7 Å². The molecule has 13 heavy (non-hydrogen) atoms. The molecule has 2 nitrogen and oxygen atoms in total. The molecule has 0 aliphatic heterocycles. The van der Waals surface area contributed by atoms with Gasteiger partial charge in [-0.3, -0.25) is 4.79 Å². The minimum Gasteiger partial charge on any atom is -0.356 e. The fourth-order valence-corrected chi connectivity index (χ4v) is 2.07. The van der Waals surface area contributed by atoms with Crippen molar-refractivity contribution in [2.24, 2.45) is 5.41 Å². The molecule has 3 heteroatoms. The van der Waals surface area contributed by atoms with E-state index in [1.54, 1.807) is 0 Å². The van der Waals surface area contributed by atoms with Crippen LogP contribution in [0.3, 0.4) is 0 Å². The first-order valence-corrected chi connectivity index (χ1v) is 5.96. The van der Waals surface area contributed by atoms with Crippen molar-refractivity contribution in [3.05, 3.63) is 0 Å². The number of hydrogen-bond donors (Lipinski definition) is 1. The molecule has 0 saturated heterocycles. The first-order chi connectivity index (χ1) is 6.02. The van der Waals surface area contributed by atoms with Crippen LogP contribution in [0, 0.1) is 5.41 Å². The van der Waals surface area contributed by atoms with Gasteiger partial charge in [0.1, 0.15) is 0 Å². The van der Waals surface area contributed by atoms with Crippen LogP contribution in [0.1, 0.15) is 40.0 Å². The van der Waals surface area contributed by atoms with Crippen molar-refractivity contribution in [2.45, 2.75) is 40.0 Å². The van der Waals surface area contributed by atoms with Gasteiger partial charge in [0, 0.05) is 18.3 Å². The van der Waals surface area contributed by atoms with E-state index in [1.165, 1.54) is 0 Å². The molecule has 0 atom stereocenters. The van der Waals surface area contributed by atoms with Crippen LogP contribution in [0.4, 0.5) is 0 Å². The summed E-state index contributed by atoms with van der Waals surface area (Å²) in [4.78, 5) is 11.2. The molecule has 0 unspecified atom stereocenters. The van der Waals surface area contributed by atoms with Crippen molar-refractivity contribution in [3.63, 3.8) is 0 Å². The normalized spacial score (nSPS) is 11.4. The van der Waals surface area contributed by atoms with Crippen molar-refractivity contribution in [1.29, 1.82) is 0 Å². The van der Waals surface area contributed by atoms with Crippen LogP contribution < -0.4 is 5.32 Å². The predicted octanol–water partition coefficient (Wildman–Crippen LogP) is 2.71. The van der Waals surface area contributed by atoms with Crippen molar-refractivity contribution in [1.82, 2.24) is 5.32 Å². The zero-order valence-corrected chi connectivity index (χ0v) is 10.4. The number of nitrogens with one attached hydrogen (secondary N) is 1. The smallest absolute Gasteiger partial charge is 0.220 e. The van der Waals surface area contributed by atoms with Crippen LogP contribution in [-0.4, -0.2) is 17.8 Å². The summed E-state index contributed by atoms with van der Waals surface area (Å²) in [5, 5.41) is 3.94. The Labute approximate surface area is 89.6 Å². The van der Waals surface area contributed by atoms with Crippen molar-refractivity contribution in [2.75, 3.05) is 11.9 Å². The largest absolute Gasteiger partial charge is 0.356 e. The Morgan fingerprint density at radius 1 is 1.46 bits per heavy atom. The third kappa shape index (κ3) is 7.05. The molecule has 0 aromatic rings. The highest BCUT2D eigenvalue weighted by Gasteiger charge is 2.17. The van der Waals surface area contributed by atoms with Gasteiger partial charge < -0.3 is 5.32 Å². The third-order valence-electron chi connectivity index (χ3n) is 2.01. The number of amides is 1. The van der Waals surface area contributed by atoms with E-state index in [1.807, 2.05) is 6.92 Å². The van der Waals surface area contributed by atoms with Gasteiger partial charge in [-0.15, -0.1) is 0 Å². The van der Waals surface area contributed by atoms with Gasteiger partial charge in [0.05, 0.1) is 0 Å². The highest BCUT2D eigenvalue weighted by Crippen LogP contribution is 2.19. The number of hydrogen-bond acceptors (Lipinski definition) is 1. The van der Waals surface area contributed by atoms with E-state index in [0.29, 0.717) is 6.42 Å². The average molecular weight is 250 g/mol. The first-order valence-electron chi connectivity index (χ1n) is 4.84. The molecule has 0 spiro atoms. The highest BCUT2D eigenvalue weighted by molar-refractivity contribution is 9.09. The Kier molecular flexibility index (Phi) is 6.39. The molecule has 0 bridgehead atoms. The maximum atomic E-state index is 11.2. The lowest BCUT2D eigenvalue weighted by Crippen LogP contribution is -2.34. The molecule has 0 aromatic heterocycles. The van der Waals surface area contributed by atoms with Crippen LogP contribution in [0.15, 0.2) is 0 Å². The summed E-state index contributed by atoms with van der Waals surface area (Å²) >= 11 is 3.41. The van der Waals surface area contributed by atoms with E-state index in [-0.39, 0.29) is 11.3 Å². The number of rotatable bonds is 6. The summed E-state index contributed by atoms with van der Waals surface area (Å²) in [6, 6.07) is 0. The van der Waals surface area contributed by atoms with Gasteiger partial charge >= 0.3 is 0 Å². The van der Waals surface area contributed by atoms with E-state index in [9.17, 15) is 4.79 Å². The zero-order valence-electron chi connectivity index (χ0n) is 8.82. The van der Waals surface area contributed by atoms with Gasteiger partial charge in [0.2, 0.25) is 5.91 Å². The lowest BCUT2D eigenvalue weighted by atomic mass is 9.90. The molecular formula is C10H20BrNO. The summed E-state index contributed by atoms with van der Waals surface area (Å²) in [6.45, 7) is 7.13. The van der Waals surface area contributed by atoms with Gasteiger partial charge in [-0.2, -0.15) is 0 Å². The Morgan fingerprint density at radius 3 is 2.54 bits per heavy atom. The summed E-state index contributed by atoms with van der Waals surface area (Å²) in [6.07, 6.45) is 2.65. The van der Waals surface area contributed by atoms with Gasteiger partial charge in [-0.25, -0.2) is 0 Å². The molecule has 0 aromatic carbocycles. The fraction of sp³-hybridized carbons (Fsp3) is 0.900. The van der Waals surface area contributed by atoms with Gasteiger partial charge in [0.15, 0.2) is 0 Å². The molecule has 0 radical (unpaired) electrons. The fourth-order valence-electron chi connectivity index (χ4n) is 0.997. The third-order valence-corrected chi connectivity index (χ3v) is 2.41. The molecule has 1 amide bonds. The number of carbonyl (C=O) groups excluding carboxylic acids is 1.